The molecule has 0 unspecified atom stereocenters. The summed E-state index contributed by atoms with van der Waals surface area (Å²) < 4.78 is 7.62. The minimum absolute atomic E-state index is 0.532. The molecule has 0 aliphatic heterocycles. The van der Waals surface area contributed by atoms with E-state index in [2.05, 4.69) is 41.3 Å². The van der Waals surface area contributed by atoms with Crippen LogP contribution in [0.4, 0.5) is 0 Å². The normalized spacial score (nSPS) is 11.3. The van der Waals surface area contributed by atoms with Crippen molar-refractivity contribution in [1.29, 1.82) is 0 Å². The molecule has 3 heterocycles. The first-order chi connectivity index (χ1) is 13.8. The smallest absolute Gasteiger partial charge is 0.182 e. The van der Waals surface area contributed by atoms with Crippen molar-refractivity contribution >= 4 is 27.2 Å². The number of ether oxygens (including phenoxy) is 1. The summed E-state index contributed by atoms with van der Waals surface area (Å²) in [5, 5.41) is 7.63. The third-order valence-corrected chi connectivity index (χ3v) is 5.57. The summed E-state index contributed by atoms with van der Waals surface area (Å²) in [6.07, 6.45) is 2.75. The van der Waals surface area contributed by atoms with E-state index in [1.807, 2.05) is 35.7 Å². The molecule has 5 rings (SSSR count). The van der Waals surface area contributed by atoms with Crippen LogP contribution in [0.2, 0.25) is 0 Å². The minimum Gasteiger partial charge on any atom is -0.489 e. The van der Waals surface area contributed by atoms with Crippen LogP contribution in [0, 0.1) is 0 Å². The summed E-state index contributed by atoms with van der Waals surface area (Å²) in [4.78, 5) is 10.1. The fourth-order valence-electron chi connectivity index (χ4n) is 3.13. The Hall–Kier alpha value is -3.25. The molecule has 138 valence electrons. The van der Waals surface area contributed by atoms with Gasteiger partial charge in [0.05, 0.1) is 5.39 Å². The Labute approximate surface area is 166 Å². The molecule has 6 heteroatoms. The Morgan fingerprint density at radius 2 is 1.75 bits per heavy atom. The highest BCUT2D eigenvalue weighted by Crippen LogP contribution is 2.24. The van der Waals surface area contributed by atoms with Crippen LogP contribution < -0.4 is 4.74 Å². The molecule has 0 spiro atoms. The van der Waals surface area contributed by atoms with E-state index in [-0.39, 0.29) is 0 Å². The summed E-state index contributed by atoms with van der Waals surface area (Å²) in [7, 11) is 0. The Kier molecular flexibility index (Phi) is 4.25. The van der Waals surface area contributed by atoms with Crippen molar-refractivity contribution in [1.82, 2.24) is 19.6 Å². The number of aromatic nitrogens is 4. The van der Waals surface area contributed by atoms with Gasteiger partial charge in [-0.2, -0.15) is 0 Å². The van der Waals surface area contributed by atoms with Crippen molar-refractivity contribution in [3.63, 3.8) is 0 Å². The van der Waals surface area contributed by atoms with Gasteiger partial charge in [-0.05, 0) is 41.1 Å². The molecule has 28 heavy (non-hydrogen) atoms. The quantitative estimate of drug-likeness (QED) is 0.419. The number of nitrogens with zero attached hydrogens (tertiary/aromatic N) is 4. The van der Waals surface area contributed by atoms with Crippen LogP contribution in [0.25, 0.3) is 27.3 Å². The second-order valence-electron chi connectivity index (χ2n) is 6.57. The monoisotopic (exact) mass is 386 g/mol. The van der Waals surface area contributed by atoms with Gasteiger partial charge in [0, 0.05) is 5.56 Å². The van der Waals surface area contributed by atoms with Crippen LogP contribution in [0.5, 0.6) is 5.75 Å². The van der Waals surface area contributed by atoms with Crippen LogP contribution >= 0.6 is 11.3 Å². The largest absolute Gasteiger partial charge is 0.489 e. The molecule has 5 nitrogen and oxygen atoms in total. The van der Waals surface area contributed by atoms with Gasteiger partial charge in [-0.25, -0.2) is 14.5 Å². The third kappa shape index (κ3) is 3.12. The summed E-state index contributed by atoms with van der Waals surface area (Å²) in [6, 6.07) is 18.5. The van der Waals surface area contributed by atoms with Gasteiger partial charge in [0.2, 0.25) is 0 Å². The number of benzene rings is 2. The molecule has 5 aromatic rings. The summed E-state index contributed by atoms with van der Waals surface area (Å²) >= 11 is 1.61. The lowest BCUT2D eigenvalue weighted by molar-refractivity contribution is 0.306. The highest BCUT2D eigenvalue weighted by atomic mass is 32.1. The summed E-state index contributed by atoms with van der Waals surface area (Å²) in [5.41, 5.74) is 4.23. The van der Waals surface area contributed by atoms with E-state index in [9.17, 15) is 0 Å². The molecule has 0 aliphatic rings. The van der Waals surface area contributed by atoms with Crippen LogP contribution in [0.3, 0.4) is 0 Å². The number of rotatable bonds is 5. The van der Waals surface area contributed by atoms with Crippen molar-refractivity contribution in [2.24, 2.45) is 0 Å². The molecular weight excluding hydrogens is 368 g/mol. The van der Waals surface area contributed by atoms with Gasteiger partial charge >= 0.3 is 0 Å². The number of thiophene rings is 1. The van der Waals surface area contributed by atoms with Crippen LogP contribution in [-0.2, 0) is 13.0 Å². The van der Waals surface area contributed by atoms with Crippen LogP contribution in [-0.4, -0.2) is 19.6 Å². The van der Waals surface area contributed by atoms with Gasteiger partial charge in [0.15, 0.2) is 11.5 Å². The number of hydrogen-bond acceptors (Lipinski definition) is 5. The zero-order valence-electron chi connectivity index (χ0n) is 15.4. The number of aryl methyl sites for hydroxylation is 1. The zero-order chi connectivity index (χ0) is 18.9. The highest BCUT2D eigenvalue weighted by Gasteiger charge is 2.10. The first-order valence-electron chi connectivity index (χ1n) is 9.20. The van der Waals surface area contributed by atoms with Crippen molar-refractivity contribution in [2.45, 2.75) is 20.0 Å². The van der Waals surface area contributed by atoms with Gasteiger partial charge in [-0.3, -0.25) is 0 Å². The van der Waals surface area contributed by atoms with Crippen molar-refractivity contribution in [2.75, 3.05) is 0 Å². The maximum Gasteiger partial charge on any atom is 0.182 e. The number of hydrogen-bond donors (Lipinski definition) is 0. The molecule has 0 fully saturated rings. The Morgan fingerprint density at radius 1 is 0.964 bits per heavy atom. The van der Waals surface area contributed by atoms with Gasteiger partial charge in [-0.15, -0.1) is 16.4 Å². The molecule has 3 aromatic heterocycles. The second kappa shape index (κ2) is 7.05. The lowest BCUT2D eigenvalue weighted by atomic mass is 10.1. The molecule has 0 amide bonds. The van der Waals surface area contributed by atoms with Gasteiger partial charge < -0.3 is 4.74 Å². The van der Waals surface area contributed by atoms with Gasteiger partial charge in [0.1, 0.15) is 23.5 Å². The van der Waals surface area contributed by atoms with E-state index >= 15 is 0 Å². The predicted octanol–water partition coefficient (Wildman–Crippen LogP) is 5.15. The molecule has 2 aromatic carbocycles. The van der Waals surface area contributed by atoms with Gasteiger partial charge in [0.25, 0.3) is 0 Å². The Morgan fingerprint density at radius 3 is 2.54 bits per heavy atom. The van der Waals surface area contributed by atoms with E-state index in [4.69, 9.17) is 9.72 Å². The first kappa shape index (κ1) is 16.9. The maximum absolute atomic E-state index is 5.88. The van der Waals surface area contributed by atoms with E-state index in [1.54, 1.807) is 22.2 Å². The maximum atomic E-state index is 5.88. The lowest BCUT2D eigenvalue weighted by Gasteiger charge is -2.07. The van der Waals surface area contributed by atoms with Crippen molar-refractivity contribution in [3.8, 4) is 17.1 Å². The molecule has 0 atom stereocenters. The molecule has 0 N–H and O–H groups in total. The molecule has 0 saturated heterocycles. The molecule has 0 bridgehead atoms. The molecule has 0 radical (unpaired) electrons. The fourth-order valence-corrected chi connectivity index (χ4v) is 3.85. The summed E-state index contributed by atoms with van der Waals surface area (Å²) in [6.45, 7) is 2.68. The Bertz CT molecular complexity index is 1240. The van der Waals surface area contributed by atoms with Crippen LogP contribution in [0.15, 0.2) is 66.3 Å². The number of fused-ring (bicyclic) bond motifs is 3. The van der Waals surface area contributed by atoms with E-state index < -0.39 is 0 Å². The second-order valence-corrected chi connectivity index (χ2v) is 7.47. The topological polar surface area (TPSA) is 52.3 Å². The van der Waals surface area contributed by atoms with E-state index in [0.29, 0.717) is 12.4 Å². The van der Waals surface area contributed by atoms with Gasteiger partial charge in [-0.1, -0.05) is 43.3 Å². The zero-order valence-corrected chi connectivity index (χ0v) is 16.2. The standard InChI is InChI=1S/C22H18N4OS/c1-2-15-5-9-18(10-6-15)27-13-16-3-7-17(8-4-16)20-24-21-19-11-12-28-22(19)23-14-26(21)25-20/h3-12,14H,2,13H2,1H3. The molecule has 0 saturated carbocycles. The third-order valence-electron chi connectivity index (χ3n) is 4.75. The van der Waals surface area contributed by atoms with E-state index in [0.717, 1.165) is 39.2 Å². The van der Waals surface area contributed by atoms with Crippen LogP contribution in [0.1, 0.15) is 18.1 Å². The average Bonchev–Trinajstić information content (AvgIpc) is 3.39. The molecular formula is C22H18N4OS. The van der Waals surface area contributed by atoms with Crippen molar-refractivity contribution < 1.29 is 4.74 Å². The Balaban J connectivity index is 1.35. The van der Waals surface area contributed by atoms with Crippen molar-refractivity contribution in [3.05, 3.63) is 77.4 Å². The average molecular weight is 386 g/mol. The first-order valence-corrected chi connectivity index (χ1v) is 10.1. The molecule has 0 aliphatic carbocycles. The summed E-state index contributed by atoms with van der Waals surface area (Å²) in [5.74, 6) is 1.58. The van der Waals surface area contributed by atoms with E-state index in [1.165, 1.54) is 5.56 Å². The fraction of sp³-hybridized carbons (Fsp3) is 0.136. The lowest BCUT2D eigenvalue weighted by Crippen LogP contribution is -1.95. The highest BCUT2D eigenvalue weighted by molar-refractivity contribution is 7.16. The SMILES string of the molecule is CCc1ccc(OCc2ccc(-c3nc4c5ccsc5ncn4n3)cc2)cc1. The predicted molar refractivity (Wildman–Crippen MR) is 112 cm³/mol. The minimum atomic E-state index is 0.532.